The van der Waals surface area contributed by atoms with Crippen molar-refractivity contribution in [1.29, 1.82) is 0 Å². The molecule has 6 unspecified atom stereocenters. The molecule has 232 valence electrons. The van der Waals surface area contributed by atoms with Crippen LogP contribution >= 0.6 is 38.1 Å². The Morgan fingerprint density at radius 3 is 2.40 bits per heavy atom. The second-order valence-corrected chi connectivity index (χ2v) is 15.2. The number of thiol groups is 2. The average molecular weight is 680 g/mol. The maximum Gasteiger partial charge on any atom is 0.386 e. The number of nitrogens with zero attached hydrogens (tertiary/aromatic N) is 7. The fourth-order valence-electron chi connectivity index (χ4n) is 4.84. The molecule has 0 radical (unpaired) electrons. The van der Waals surface area contributed by atoms with Crippen molar-refractivity contribution in [1.82, 2.24) is 39.0 Å². The molecule has 8 atom stereocenters. The maximum atomic E-state index is 14.9. The number of nitrogens with two attached hydrogens (primary N) is 1. The van der Waals surface area contributed by atoms with Crippen molar-refractivity contribution in [3.8, 4) is 0 Å². The third-order valence-electron chi connectivity index (χ3n) is 6.79. The molecule has 2 aliphatic rings. The lowest BCUT2D eigenvalue weighted by atomic mass is 10.2. The number of H-pyrrole nitrogens is 1. The number of imidazole rings is 2. The van der Waals surface area contributed by atoms with Crippen molar-refractivity contribution >= 4 is 66.2 Å². The summed E-state index contributed by atoms with van der Waals surface area (Å²) in [6.07, 6.45) is -1.32. The molecule has 0 spiro atoms. The van der Waals surface area contributed by atoms with Gasteiger partial charge < -0.3 is 25.1 Å². The molecule has 18 nitrogen and oxygen atoms in total. The summed E-state index contributed by atoms with van der Waals surface area (Å²) in [7, 11) is 0. The van der Waals surface area contributed by atoms with Gasteiger partial charge in [-0.2, -0.15) is 0 Å². The van der Waals surface area contributed by atoms with Crippen LogP contribution in [0.15, 0.2) is 30.1 Å². The fourth-order valence-corrected chi connectivity index (χ4v) is 6.90. The Kier molecular flexibility index (Phi) is 8.40. The first-order chi connectivity index (χ1) is 20.4. The van der Waals surface area contributed by atoms with E-state index in [9.17, 15) is 23.2 Å². The Hall–Kier alpha value is -2.45. The van der Waals surface area contributed by atoms with Crippen molar-refractivity contribution in [3.63, 3.8) is 0 Å². The molecule has 0 amide bonds. The zero-order valence-electron chi connectivity index (χ0n) is 21.7. The van der Waals surface area contributed by atoms with E-state index in [2.05, 4.69) is 54.4 Å². The molecule has 4 aromatic heterocycles. The molecule has 0 bridgehead atoms. The Bertz CT molecular complexity index is 1800. The molecular formula is C20H24FN9O9P2S2. The molecule has 4 N–H and O–H groups in total. The number of nitrogen functional groups attached to an aromatic ring is 1. The average Bonchev–Trinajstić information content (AvgIpc) is 3.71. The first-order valence-electron chi connectivity index (χ1n) is 12.5. The highest BCUT2D eigenvalue weighted by atomic mass is 32.7. The van der Waals surface area contributed by atoms with Crippen LogP contribution in [0.25, 0.3) is 22.3 Å². The molecule has 4 aromatic rings. The van der Waals surface area contributed by atoms with Crippen LogP contribution in [0.4, 0.5) is 10.2 Å². The summed E-state index contributed by atoms with van der Waals surface area (Å²) in [6, 6.07) is 0. The topological polar surface area (TPSA) is 234 Å². The van der Waals surface area contributed by atoms with Gasteiger partial charge in [0, 0.05) is 12.8 Å². The highest BCUT2D eigenvalue weighted by molar-refractivity contribution is 8.44. The molecule has 43 heavy (non-hydrogen) atoms. The molecule has 6 rings (SSSR count). The number of hydrogen-bond acceptors (Lipinski definition) is 14. The van der Waals surface area contributed by atoms with E-state index < -0.39 is 69.3 Å². The minimum Gasteiger partial charge on any atom is -0.382 e. The Balaban J connectivity index is 1.13. The Morgan fingerprint density at radius 2 is 1.65 bits per heavy atom. The van der Waals surface area contributed by atoms with E-state index in [-0.39, 0.29) is 29.8 Å². The van der Waals surface area contributed by atoms with E-state index in [1.54, 1.807) is 0 Å². The van der Waals surface area contributed by atoms with Crippen LogP contribution in [0.1, 0.15) is 25.3 Å². The quantitative estimate of drug-likeness (QED) is 0.119. The SMILES string of the molecule is Nc1ncnc2c1ncn2C1CC(F)C(COP(=O)(S)O[C@H]2CC(n3cnc4c(=O)[nH]cnc43)O[C@@H]2COP(=O)(O)S)O1. The predicted octanol–water partition coefficient (Wildman–Crippen LogP) is 1.94. The lowest BCUT2D eigenvalue weighted by Crippen LogP contribution is -2.28. The standard InChI is InChI=1S/C20H24FN9O9P2S2/c21-9-1-13(29-7-27-15-17(22)23-5-24-18(15)29)37-11(9)3-36-41(34,43)39-10-2-14(38-12(10)4-35-40(32,33)42)30-8-28-16-19(30)25-6-26-20(16)31/h5-14H,1-4H2,(H,34,43)(H2,22,23,24)(H,25,26,31)(H2,32,33,42)/t9?,10-,11?,12+,13?,14?,41?/m0/s1. The number of alkyl halides is 1. The van der Waals surface area contributed by atoms with Gasteiger partial charge in [-0.1, -0.05) is 24.5 Å². The first kappa shape index (κ1) is 30.6. The van der Waals surface area contributed by atoms with Crippen LogP contribution in [-0.4, -0.2) is 81.6 Å². The number of rotatable bonds is 10. The summed E-state index contributed by atoms with van der Waals surface area (Å²) in [4.78, 5) is 44.3. The molecular weight excluding hydrogens is 655 g/mol. The van der Waals surface area contributed by atoms with Gasteiger partial charge in [-0.25, -0.2) is 38.4 Å². The van der Waals surface area contributed by atoms with Crippen LogP contribution in [0, 0.1) is 0 Å². The van der Waals surface area contributed by atoms with E-state index in [1.165, 1.54) is 34.4 Å². The lowest BCUT2D eigenvalue weighted by molar-refractivity contribution is -0.0415. The Morgan fingerprint density at radius 1 is 1.00 bits per heavy atom. The second-order valence-electron chi connectivity index (χ2n) is 9.58. The largest absolute Gasteiger partial charge is 0.386 e. The van der Waals surface area contributed by atoms with E-state index in [0.29, 0.717) is 11.2 Å². The van der Waals surface area contributed by atoms with Gasteiger partial charge in [0.2, 0.25) is 0 Å². The van der Waals surface area contributed by atoms with Gasteiger partial charge in [-0.15, -0.1) is 0 Å². The van der Waals surface area contributed by atoms with Crippen LogP contribution in [0.5, 0.6) is 0 Å². The predicted molar refractivity (Wildman–Crippen MR) is 152 cm³/mol. The molecule has 0 aromatic carbocycles. The number of fused-ring (bicyclic) bond motifs is 2. The molecule has 6 heterocycles. The summed E-state index contributed by atoms with van der Waals surface area (Å²) >= 11 is 7.54. The third-order valence-corrected chi connectivity index (χ3v) is 9.27. The lowest BCUT2D eigenvalue weighted by Gasteiger charge is -2.23. The van der Waals surface area contributed by atoms with Gasteiger partial charge in [0.05, 0.1) is 32.2 Å². The van der Waals surface area contributed by atoms with Crippen molar-refractivity contribution in [2.45, 2.75) is 49.8 Å². The summed E-state index contributed by atoms with van der Waals surface area (Å²) < 4.78 is 70.5. The second kappa shape index (κ2) is 11.8. The maximum absolute atomic E-state index is 14.9. The zero-order chi connectivity index (χ0) is 30.5. The summed E-state index contributed by atoms with van der Waals surface area (Å²) in [5, 5.41) is 0. The molecule has 2 aliphatic heterocycles. The minimum absolute atomic E-state index is 0.00337. The van der Waals surface area contributed by atoms with E-state index in [4.69, 9.17) is 28.8 Å². The van der Waals surface area contributed by atoms with Crippen LogP contribution in [0.2, 0.25) is 0 Å². The van der Waals surface area contributed by atoms with Crippen LogP contribution < -0.4 is 11.3 Å². The number of aromatic nitrogens is 8. The number of anilines is 1. The monoisotopic (exact) mass is 679 g/mol. The van der Waals surface area contributed by atoms with Gasteiger partial charge in [0.25, 0.3) is 5.56 Å². The third kappa shape index (κ3) is 6.51. The molecule has 2 saturated heterocycles. The summed E-state index contributed by atoms with van der Waals surface area (Å²) in [6.45, 7) is -9.39. The van der Waals surface area contributed by atoms with Gasteiger partial charge in [-0.05, 0) is 0 Å². The van der Waals surface area contributed by atoms with Crippen molar-refractivity contribution in [2.75, 3.05) is 18.9 Å². The van der Waals surface area contributed by atoms with Gasteiger partial charge in [0.15, 0.2) is 22.6 Å². The van der Waals surface area contributed by atoms with Gasteiger partial charge in [0.1, 0.15) is 48.8 Å². The summed E-state index contributed by atoms with van der Waals surface area (Å²) in [5.41, 5.74) is 6.29. The van der Waals surface area contributed by atoms with E-state index in [0.717, 1.165) is 0 Å². The van der Waals surface area contributed by atoms with Crippen LogP contribution in [0.3, 0.4) is 0 Å². The number of nitrogens with one attached hydrogen (secondary N) is 1. The highest BCUT2D eigenvalue weighted by Gasteiger charge is 2.44. The number of halogens is 1. The highest BCUT2D eigenvalue weighted by Crippen LogP contribution is 2.57. The Labute approximate surface area is 250 Å². The van der Waals surface area contributed by atoms with Crippen molar-refractivity contribution < 1.29 is 41.5 Å². The minimum atomic E-state index is -4.22. The number of ether oxygens (including phenoxy) is 2. The van der Waals surface area contributed by atoms with Crippen LogP contribution in [-0.2, 0) is 32.2 Å². The number of aromatic amines is 1. The van der Waals surface area contributed by atoms with E-state index in [1.807, 2.05) is 0 Å². The first-order valence-corrected chi connectivity index (χ1v) is 17.9. The molecule has 2 fully saturated rings. The normalized spacial score (nSPS) is 28.8. The van der Waals surface area contributed by atoms with Gasteiger partial charge >= 0.3 is 13.6 Å². The summed E-state index contributed by atoms with van der Waals surface area (Å²) in [5.74, 6) is 0.163. The molecule has 0 saturated carbocycles. The van der Waals surface area contributed by atoms with Gasteiger partial charge in [-0.3, -0.25) is 27.5 Å². The molecule has 0 aliphatic carbocycles. The van der Waals surface area contributed by atoms with E-state index >= 15 is 0 Å². The van der Waals surface area contributed by atoms with Crippen molar-refractivity contribution in [2.24, 2.45) is 0 Å². The fraction of sp³-hybridized carbons (Fsp3) is 0.500. The molecule has 23 heteroatoms. The van der Waals surface area contributed by atoms with Crippen molar-refractivity contribution in [3.05, 3.63) is 35.7 Å². The zero-order valence-corrected chi connectivity index (χ0v) is 25.3. The number of hydrogen-bond donors (Lipinski definition) is 5. The smallest absolute Gasteiger partial charge is 0.382 e.